The fraction of sp³-hybridized carbons (Fsp3) is 0.536. The molecule has 2 aliphatic heterocycles. The second-order valence-corrected chi connectivity index (χ2v) is 48.7. The lowest BCUT2D eigenvalue weighted by Crippen LogP contribution is -2.41. The molecule has 0 atom stereocenters. The standard InChI is InChI=1S/C51H63F2N3S2.C34H45Br2F2N3S2.C27H36B2O4/c1-6-7-8-9-10-11-12-13-14-15-16-17-18-19-20-21-22-23-32-56-54-49-45(43-29-25-36(3)57-43)47(52)48(53)46(50(49)55-56)44-31-30-42(58-44)37-26-28-39-38-27-24-35(2)33-40(38)51(4,5)41(39)34-37;1-2-3-4-5-6-7-8-9-10-11-12-13-14-15-16-17-18-19-24-41-39-33-29(25-20-22-27(35)42-25)31(37)32(38)30(34(33)40-41)26-21-23-28(36)43-26;1-23(2)21-15-17(28-30-24(3,4)25(5,6)31-28)11-13-19(21)20-14-12-18(16-22(20)23)29-32-26(7,8)27(9,10)33-29/h24-31,33-34H,6-23,32H2,1-5H3;20-23H,2-19,24H2,1H3;11-16H,1-10H3. The number of benzene rings is 6. The first-order chi connectivity index (χ1) is 64.2. The SMILES string of the molecule is CC1(C)c2cc(B3OC(C)(C)C(C)(C)O3)ccc2-c2ccc(B3OC(C)(C)C(C)(C)O3)cc21.CCCCCCCCCCCCCCCCCCCCn1nc2c(-c3ccc(Br)s3)c(F)c(F)c(-c3ccc(Br)s3)c2n1.CCCCCCCCCCCCCCCCCCCCn1nc2c(-c3ccc(C)s3)c(F)c(F)c(-c3ccc(-c4ccc5c(c4)C(C)(C)c4cc(C)ccc4-5)s3)c2n1. The van der Waals surface area contributed by atoms with Crippen molar-refractivity contribution in [2.75, 3.05) is 0 Å². The highest BCUT2D eigenvalue weighted by molar-refractivity contribution is 9.11. The Labute approximate surface area is 831 Å². The number of fused-ring (bicyclic) bond motifs is 8. The first-order valence-corrected chi connectivity index (χ1v) is 55.5. The van der Waals surface area contributed by atoms with Crippen LogP contribution in [0.15, 0.2) is 129 Å². The van der Waals surface area contributed by atoms with E-state index in [-0.39, 0.29) is 69.7 Å². The molecular formula is C112H144B2Br2F4N6O4S4. The summed E-state index contributed by atoms with van der Waals surface area (Å²) < 4.78 is 90.9. The highest BCUT2D eigenvalue weighted by Gasteiger charge is 2.54. The molecule has 2 saturated heterocycles. The Morgan fingerprint density at radius 3 is 0.881 bits per heavy atom. The van der Waals surface area contributed by atoms with Gasteiger partial charge in [0.05, 0.1) is 65.3 Å². The molecule has 0 N–H and O–H groups in total. The van der Waals surface area contributed by atoms with Crippen LogP contribution in [0.2, 0.25) is 0 Å². The first kappa shape index (κ1) is 103. The van der Waals surface area contributed by atoms with Gasteiger partial charge in [0.1, 0.15) is 22.1 Å². The smallest absolute Gasteiger partial charge is 0.399 e. The Balaban J connectivity index is 0.000000168. The second kappa shape index (κ2) is 46.3. The van der Waals surface area contributed by atoms with Gasteiger partial charge in [-0.1, -0.05) is 332 Å². The maximum absolute atomic E-state index is 16.4. The molecule has 0 saturated carbocycles. The predicted octanol–water partition coefficient (Wildman–Crippen LogP) is 35.1. The molecule has 10 nitrogen and oxygen atoms in total. The summed E-state index contributed by atoms with van der Waals surface area (Å²) in [6.45, 7) is 35.9. The van der Waals surface area contributed by atoms with Crippen molar-refractivity contribution in [1.82, 2.24) is 30.0 Å². The molecule has 8 heterocycles. The molecule has 0 unspecified atom stereocenters. The zero-order valence-electron chi connectivity index (χ0n) is 82.8. The molecule has 4 aliphatic rings. The van der Waals surface area contributed by atoms with Crippen LogP contribution in [-0.2, 0) is 42.5 Å². The molecule has 0 amide bonds. The lowest BCUT2D eigenvalue weighted by atomic mass is 9.73. The molecule has 6 aromatic carbocycles. The van der Waals surface area contributed by atoms with Gasteiger partial charge < -0.3 is 18.6 Å². The number of thiophene rings is 4. The van der Waals surface area contributed by atoms with Crippen LogP contribution in [0, 0.1) is 37.1 Å². The zero-order valence-corrected chi connectivity index (χ0v) is 89.2. The third kappa shape index (κ3) is 24.2. The number of unbranched alkanes of at least 4 members (excludes halogenated alkanes) is 34. The summed E-state index contributed by atoms with van der Waals surface area (Å²) in [5, 5.41) is 19.1. The van der Waals surface area contributed by atoms with Gasteiger partial charge in [-0.15, -0.1) is 45.3 Å². The molecule has 22 heteroatoms. The Morgan fingerprint density at radius 1 is 0.299 bits per heavy atom. The maximum atomic E-state index is 16.4. The number of rotatable bonds is 45. The number of nitrogens with zero attached hydrogens (tertiary/aromatic N) is 6. The first-order valence-electron chi connectivity index (χ1n) is 50.7. The van der Waals surface area contributed by atoms with Gasteiger partial charge in [-0.3, -0.25) is 0 Å². The van der Waals surface area contributed by atoms with E-state index in [9.17, 15) is 0 Å². The summed E-state index contributed by atoms with van der Waals surface area (Å²) in [5.41, 5.74) is 15.6. The summed E-state index contributed by atoms with van der Waals surface area (Å²) in [6.07, 6.45) is 47.9. The van der Waals surface area contributed by atoms with Crippen molar-refractivity contribution < 1.29 is 36.2 Å². The number of hydrogen-bond acceptors (Lipinski definition) is 12. The molecule has 134 heavy (non-hydrogen) atoms. The van der Waals surface area contributed by atoms with Crippen molar-refractivity contribution in [3.8, 4) is 74.5 Å². The van der Waals surface area contributed by atoms with Gasteiger partial charge >= 0.3 is 14.2 Å². The summed E-state index contributed by atoms with van der Waals surface area (Å²) in [6, 6.07) is 41.7. The Morgan fingerprint density at radius 2 is 0.567 bits per heavy atom. The van der Waals surface area contributed by atoms with Crippen LogP contribution in [0.25, 0.3) is 96.5 Å². The summed E-state index contributed by atoms with van der Waals surface area (Å²) in [7, 11) is -0.722. The van der Waals surface area contributed by atoms with Crippen molar-refractivity contribution in [2.45, 2.75) is 388 Å². The average molecular weight is 2020 g/mol. The van der Waals surface area contributed by atoms with E-state index in [1.165, 1.54) is 301 Å². The van der Waals surface area contributed by atoms with Crippen molar-refractivity contribution in [2.24, 2.45) is 0 Å². The third-order valence-electron chi connectivity index (χ3n) is 29.3. The van der Waals surface area contributed by atoms with E-state index < -0.39 is 23.3 Å². The van der Waals surface area contributed by atoms with E-state index in [0.29, 0.717) is 54.7 Å². The van der Waals surface area contributed by atoms with Gasteiger partial charge in [0.25, 0.3) is 0 Å². The van der Waals surface area contributed by atoms with E-state index in [4.69, 9.17) is 39.0 Å². The van der Waals surface area contributed by atoms with Crippen LogP contribution in [-0.4, -0.2) is 66.6 Å². The minimum atomic E-state index is -0.874. The van der Waals surface area contributed by atoms with Gasteiger partial charge in [-0.2, -0.15) is 30.0 Å². The van der Waals surface area contributed by atoms with Crippen LogP contribution in [0.1, 0.15) is 361 Å². The van der Waals surface area contributed by atoms with Gasteiger partial charge in [0.15, 0.2) is 23.3 Å². The monoisotopic (exact) mass is 2020 g/mol. The Hall–Kier alpha value is -6.43. The van der Waals surface area contributed by atoms with Gasteiger partial charge in [0, 0.05) is 40.1 Å². The van der Waals surface area contributed by atoms with Crippen molar-refractivity contribution in [1.29, 1.82) is 0 Å². The van der Waals surface area contributed by atoms with Crippen LogP contribution in [0.4, 0.5) is 17.6 Å². The summed E-state index contributed by atoms with van der Waals surface area (Å²) >= 11 is 12.6. The number of halogens is 6. The van der Waals surface area contributed by atoms with Crippen molar-refractivity contribution in [3.63, 3.8) is 0 Å². The fourth-order valence-electron chi connectivity index (χ4n) is 19.8. The topological polar surface area (TPSA) is 98.3 Å². The molecule has 0 radical (unpaired) electrons. The molecule has 2 aliphatic carbocycles. The summed E-state index contributed by atoms with van der Waals surface area (Å²) in [5.74, 6) is -3.46. The molecular weight excluding hydrogens is 1880 g/mol. The normalized spacial score (nSPS) is 15.7. The van der Waals surface area contributed by atoms with Crippen molar-refractivity contribution >= 4 is 124 Å². The lowest BCUT2D eigenvalue weighted by Gasteiger charge is -2.32. The molecule has 16 rings (SSSR count). The minimum absolute atomic E-state index is 0.130. The zero-order chi connectivity index (χ0) is 95.3. The Kier molecular flexibility index (Phi) is 35.8. The second-order valence-electron chi connectivity index (χ2n) is 41.4. The largest absolute Gasteiger partial charge is 0.494 e. The minimum Gasteiger partial charge on any atom is -0.399 e. The van der Waals surface area contributed by atoms with Crippen LogP contribution in [0.5, 0.6) is 0 Å². The highest BCUT2D eigenvalue weighted by Crippen LogP contribution is 2.54. The predicted molar refractivity (Wildman–Crippen MR) is 569 cm³/mol. The number of hydrogen-bond donors (Lipinski definition) is 0. The van der Waals surface area contributed by atoms with E-state index >= 15 is 17.6 Å². The average Bonchev–Trinajstić information content (AvgIpc) is 1.57. The van der Waals surface area contributed by atoms with E-state index in [2.05, 4.69) is 209 Å². The number of aryl methyl sites for hydroxylation is 4. The fourth-order valence-corrected chi connectivity index (χ4v) is 24.6. The quantitative estimate of drug-likeness (QED) is 0.0211. The van der Waals surface area contributed by atoms with Crippen LogP contribution < -0.4 is 10.9 Å². The molecule has 0 spiro atoms. The maximum Gasteiger partial charge on any atom is 0.494 e. The molecule has 2 fully saturated rings. The van der Waals surface area contributed by atoms with Crippen LogP contribution in [0.3, 0.4) is 0 Å². The number of aromatic nitrogens is 6. The molecule has 6 aromatic heterocycles. The van der Waals surface area contributed by atoms with E-state index in [1.54, 1.807) is 21.7 Å². The third-order valence-corrected chi connectivity index (χ3v) is 34.8. The van der Waals surface area contributed by atoms with E-state index in [0.717, 1.165) is 59.5 Å². The van der Waals surface area contributed by atoms with Gasteiger partial charge in [-0.05, 0) is 230 Å². The molecule has 718 valence electrons. The Bertz CT molecular complexity index is 5740. The van der Waals surface area contributed by atoms with E-state index in [1.807, 2.05) is 43.3 Å². The van der Waals surface area contributed by atoms with Crippen molar-refractivity contribution in [3.05, 3.63) is 185 Å². The summed E-state index contributed by atoms with van der Waals surface area (Å²) in [4.78, 5) is 7.96. The molecule has 0 bridgehead atoms. The molecule has 12 aromatic rings. The lowest BCUT2D eigenvalue weighted by molar-refractivity contribution is 0.00578. The highest BCUT2D eigenvalue weighted by atomic mass is 79.9. The van der Waals surface area contributed by atoms with Gasteiger partial charge in [0.2, 0.25) is 0 Å². The van der Waals surface area contributed by atoms with Gasteiger partial charge in [-0.25, -0.2) is 17.6 Å². The van der Waals surface area contributed by atoms with Crippen LogP contribution >= 0.6 is 77.2 Å².